The third kappa shape index (κ3) is 1.64. The Kier molecular flexibility index (Phi) is 2.28. The highest BCUT2D eigenvalue weighted by atomic mass is 79.9. The van der Waals surface area contributed by atoms with Crippen molar-refractivity contribution in [3.63, 3.8) is 0 Å². The zero-order valence-electron chi connectivity index (χ0n) is 8.47. The lowest BCUT2D eigenvalue weighted by atomic mass is 9.91. The van der Waals surface area contributed by atoms with Crippen LogP contribution in [-0.2, 0) is 6.42 Å². The van der Waals surface area contributed by atoms with Gasteiger partial charge in [-0.25, -0.2) is 0 Å². The van der Waals surface area contributed by atoms with Crippen molar-refractivity contribution in [3.05, 3.63) is 39.9 Å². The van der Waals surface area contributed by atoms with Crippen LogP contribution < -0.4 is 5.73 Å². The van der Waals surface area contributed by atoms with Crippen molar-refractivity contribution in [2.75, 3.05) is 0 Å². The molecule has 74 valence electrons. The Balaban J connectivity index is 2.51. The molecule has 0 aliphatic heterocycles. The summed E-state index contributed by atoms with van der Waals surface area (Å²) in [6, 6.07) is 6.40. The molecule has 0 fully saturated rings. The average molecular weight is 252 g/mol. The molecule has 2 N–H and O–H groups in total. The van der Waals surface area contributed by atoms with E-state index in [1.807, 2.05) is 0 Å². The number of benzene rings is 1. The van der Waals surface area contributed by atoms with E-state index in [1.54, 1.807) is 0 Å². The van der Waals surface area contributed by atoms with Crippen LogP contribution in [0.2, 0.25) is 0 Å². The van der Waals surface area contributed by atoms with E-state index in [4.69, 9.17) is 5.73 Å². The molecular formula is C12H14BrN. The van der Waals surface area contributed by atoms with Crippen molar-refractivity contribution in [3.8, 4) is 0 Å². The lowest BCUT2D eigenvalue weighted by Crippen LogP contribution is -2.32. The molecule has 1 aromatic carbocycles. The van der Waals surface area contributed by atoms with Gasteiger partial charge >= 0.3 is 0 Å². The molecule has 1 aliphatic rings. The van der Waals surface area contributed by atoms with E-state index in [9.17, 15) is 0 Å². The van der Waals surface area contributed by atoms with Crippen LogP contribution in [0.3, 0.4) is 0 Å². The number of hydrogen-bond donors (Lipinski definition) is 1. The van der Waals surface area contributed by atoms with Crippen LogP contribution in [-0.4, -0.2) is 5.54 Å². The number of fused-ring (bicyclic) bond motifs is 1. The summed E-state index contributed by atoms with van der Waals surface area (Å²) in [6.07, 6.45) is 3.25. The first-order chi connectivity index (χ1) is 6.48. The number of halogens is 1. The Morgan fingerprint density at radius 3 is 2.71 bits per heavy atom. The standard InChI is InChI=1S/C12H14BrN/c1-12(2,14)11-6-4-8-3-5-9(13)7-10(8)11/h3,5-7H,4,14H2,1-2H3. The van der Waals surface area contributed by atoms with Crippen LogP contribution in [0.5, 0.6) is 0 Å². The summed E-state index contributed by atoms with van der Waals surface area (Å²) < 4.78 is 1.12. The van der Waals surface area contributed by atoms with Gasteiger partial charge in [0.15, 0.2) is 0 Å². The van der Waals surface area contributed by atoms with E-state index in [1.165, 1.54) is 16.7 Å². The van der Waals surface area contributed by atoms with Crippen molar-refractivity contribution in [2.24, 2.45) is 5.73 Å². The maximum Gasteiger partial charge on any atom is 0.0355 e. The predicted octanol–water partition coefficient (Wildman–Crippen LogP) is 3.13. The van der Waals surface area contributed by atoms with Gasteiger partial charge in [0.05, 0.1) is 0 Å². The van der Waals surface area contributed by atoms with Gasteiger partial charge in [-0.05, 0) is 49.1 Å². The summed E-state index contributed by atoms with van der Waals surface area (Å²) in [5, 5.41) is 0. The Labute approximate surface area is 93.1 Å². The number of allylic oxidation sites excluding steroid dienone is 1. The Hall–Kier alpha value is -0.600. The van der Waals surface area contributed by atoms with Crippen LogP contribution >= 0.6 is 15.9 Å². The highest BCUT2D eigenvalue weighted by Gasteiger charge is 2.24. The smallest absolute Gasteiger partial charge is 0.0355 e. The summed E-state index contributed by atoms with van der Waals surface area (Å²) in [5.41, 5.74) is 9.81. The topological polar surface area (TPSA) is 26.0 Å². The minimum Gasteiger partial charge on any atom is -0.322 e. The monoisotopic (exact) mass is 251 g/mol. The first kappa shape index (κ1) is 9.94. The Bertz CT molecular complexity index is 399. The molecule has 0 atom stereocenters. The highest BCUT2D eigenvalue weighted by molar-refractivity contribution is 9.10. The zero-order valence-corrected chi connectivity index (χ0v) is 10.1. The Morgan fingerprint density at radius 1 is 1.36 bits per heavy atom. The van der Waals surface area contributed by atoms with Gasteiger partial charge < -0.3 is 5.73 Å². The third-order valence-electron chi connectivity index (χ3n) is 2.58. The summed E-state index contributed by atoms with van der Waals surface area (Å²) in [6.45, 7) is 4.10. The van der Waals surface area contributed by atoms with E-state index >= 15 is 0 Å². The van der Waals surface area contributed by atoms with E-state index in [2.05, 4.69) is 54.1 Å². The van der Waals surface area contributed by atoms with Crippen LogP contribution in [0.25, 0.3) is 5.57 Å². The van der Waals surface area contributed by atoms with Gasteiger partial charge in [-0.3, -0.25) is 0 Å². The minimum absolute atomic E-state index is 0.244. The van der Waals surface area contributed by atoms with Gasteiger partial charge in [-0.15, -0.1) is 0 Å². The molecule has 0 amide bonds. The number of rotatable bonds is 1. The molecule has 0 radical (unpaired) electrons. The lowest BCUT2D eigenvalue weighted by molar-refractivity contribution is 0.676. The fraction of sp³-hybridized carbons (Fsp3) is 0.333. The first-order valence-electron chi connectivity index (χ1n) is 4.77. The predicted molar refractivity (Wildman–Crippen MR) is 64.1 cm³/mol. The van der Waals surface area contributed by atoms with Crippen molar-refractivity contribution >= 4 is 21.5 Å². The molecule has 14 heavy (non-hydrogen) atoms. The quantitative estimate of drug-likeness (QED) is 0.816. The van der Waals surface area contributed by atoms with Crippen LogP contribution in [0.1, 0.15) is 25.0 Å². The molecular weight excluding hydrogens is 238 g/mol. The maximum atomic E-state index is 6.12. The van der Waals surface area contributed by atoms with Crippen LogP contribution in [0.15, 0.2) is 28.7 Å². The van der Waals surface area contributed by atoms with Gasteiger partial charge in [-0.1, -0.05) is 28.1 Å². The van der Waals surface area contributed by atoms with Gasteiger partial charge in [0.1, 0.15) is 0 Å². The number of nitrogens with two attached hydrogens (primary N) is 1. The third-order valence-corrected chi connectivity index (χ3v) is 3.08. The molecule has 1 aliphatic carbocycles. The second-order valence-corrected chi connectivity index (χ2v) is 5.26. The van der Waals surface area contributed by atoms with Gasteiger partial charge in [0.25, 0.3) is 0 Å². The molecule has 0 heterocycles. The summed E-state index contributed by atoms with van der Waals surface area (Å²) in [7, 11) is 0. The van der Waals surface area contributed by atoms with E-state index in [0.717, 1.165) is 10.9 Å². The van der Waals surface area contributed by atoms with E-state index < -0.39 is 0 Å². The minimum atomic E-state index is -0.244. The second-order valence-electron chi connectivity index (χ2n) is 4.35. The summed E-state index contributed by atoms with van der Waals surface area (Å²) in [5.74, 6) is 0. The molecule has 1 aromatic rings. The normalized spacial score (nSPS) is 15.3. The fourth-order valence-electron chi connectivity index (χ4n) is 1.91. The van der Waals surface area contributed by atoms with Gasteiger partial charge in [0, 0.05) is 10.0 Å². The van der Waals surface area contributed by atoms with Crippen molar-refractivity contribution in [2.45, 2.75) is 25.8 Å². The molecule has 0 bridgehead atoms. The van der Waals surface area contributed by atoms with Gasteiger partial charge in [0.2, 0.25) is 0 Å². The molecule has 2 heteroatoms. The fourth-order valence-corrected chi connectivity index (χ4v) is 2.27. The van der Waals surface area contributed by atoms with Crippen molar-refractivity contribution in [1.82, 2.24) is 0 Å². The molecule has 1 nitrogen and oxygen atoms in total. The summed E-state index contributed by atoms with van der Waals surface area (Å²) in [4.78, 5) is 0. The molecule has 2 rings (SSSR count). The molecule has 0 aromatic heterocycles. The average Bonchev–Trinajstić information content (AvgIpc) is 2.45. The summed E-state index contributed by atoms with van der Waals surface area (Å²) >= 11 is 3.49. The molecule has 0 saturated heterocycles. The maximum absolute atomic E-state index is 6.12. The van der Waals surface area contributed by atoms with Crippen molar-refractivity contribution < 1.29 is 0 Å². The second kappa shape index (κ2) is 3.21. The van der Waals surface area contributed by atoms with Crippen LogP contribution in [0, 0.1) is 0 Å². The largest absolute Gasteiger partial charge is 0.322 e. The molecule has 0 saturated carbocycles. The number of hydrogen-bond acceptors (Lipinski definition) is 1. The zero-order chi connectivity index (χ0) is 10.3. The van der Waals surface area contributed by atoms with Gasteiger partial charge in [-0.2, -0.15) is 0 Å². The van der Waals surface area contributed by atoms with Crippen molar-refractivity contribution in [1.29, 1.82) is 0 Å². The SMILES string of the molecule is CC(C)(N)C1=CCc2ccc(Br)cc21. The van der Waals surface area contributed by atoms with E-state index in [0.29, 0.717) is 0 Å². The van der Waals surface area contributed by atoms with Crippen LogP contribution in [0.4, 0.5) is 0 Å². The lowest BCUT2D eigenvalue weighted by Gasteiger charge is -2.21. The molecule has 0 unspecified atom stereocenters. The molecule has 0 spiro atoms. The van der Waals surface area contributed by atoms with E-state index in [-0.39, 0.29) is 5.54 Å². The first-order valence-corrected chi connectivity index (χ1v) is 5.56. The Morgan fingerprint density at radius 2 is 2.07 bits per heavy atom. The highest BCUT2D eigenvalue weighted by Crippen LogP contribution is 2.35.